The van der Waals surface area contributed by atoms with Crippen LogP contribution in [-0.2, 0) is 16.4 Å². The average molecular weight is 381 g/mol. The third-order valence-electron chi connectivity index (χ3n) is 2.27. The van der Waals surface area contributed by atoms with Crippen LogP contribution in [-0.4, -0.2) is 41.2 Å². The molecule has 108 valence electrons. The number of aromatic carboxylic acids is 1. The Hall–Kier alpha value is -1.30. The van der Waals surface area contributed by atoms with Crippen molar-refractivity contribution >= 4 is 43.3 Å². The predicted octanol–water partition coefficient (Wildman–Crippen LogP) is 0.848. The van der Waals surface area contributed by atoms with E-state index >= 15 is 0 Å². The second kappa shape index (κ2) is 5.99. The molecular weight excluding hydrogens is 372 g/mol. The number of carbonyl (C=O) groups is 1. The Morgan fingerprint density at radius 3 is 2.85 bits per heavy atom. The van der Waals surface area contributed by atoms with Crippen LogP contribution in [0.4, 0.5) is 0 Å². The first-order valence-corrected chi connectivity index (χ1v) is 8.36. The normalized spacial score (nSPS) is 11.7. The lowest BCUT2D eigenvalue weighted by molar-refractivity contribution is 0.0702. The van der Waals surface area contributed by atoms with Gasteiger partial charge >= 0.3 is 5.97 Å². The third kappa shape index (κ3) is 3.42. The number of carboxylic acid groups (broad SMARTS) is 1. The molecule has 0 spiro atoms. The topological polar surface area (TPSA) is 125 Å². The molecule has 3 N–H and O–H groups in total. The summed E-state index contributed by atoms with van der Waals surface area (Å²) in [5, 5.41) is 15.1. The van der Waals surface area contributed by atoms with E-state index in [2.05, 4.69) is 35.8 Å². The van der Waals surface area contributed by atoms with Crippen LogP contribution in [0.3, 0.4) is 0 Å². The van der Waals surface area contributed by atoms with Crippen molar-refractivity contribution in [2.24, 2.45) is 0 Å². The maximum atomic E-state index is 12.0. The zero-order valence-electron chi connectivity index (χ0n) is 9.83. The molecule has 0 bridgehead atoms. The number of nitrogens with zero attached hydrogens (tertiary/aromatic N) is 2. The lowest BCUT2D eigenvalue weighted by Gasteiger charge is -2.04. The van der Waals surface area contributed by atoms with E-state index in [1.807, 2.05) is 0 Å². The van der Waals surface area contributed by atoms with Gasteiger partial charge in [0, 0.05) is 13.0 Å². The molecule has 20 heavy (non-hydrogen) atoms. The van der Waals surface area contributed by atoms with Gasteiger partial charge in [-0.3, -0.25) is 5.10 Å². The van der Waals surface area contributed by atoms with Crippen LogP contribution in [0, 0.1) is 0 Å². The number of hydrogen-bond donors (Lipinski definition) is 3. The van der Waals surface area contributed by atoms with Crippen LogP contribution in [0.5, 0.6) is 0 Å². The van der Waals surface area contributed by atoms with Gasteiger partial charge in [-0.05, 0) is 22.0 Å². The molecule has 0 amide bonds. The highest BCUT2D eigenvalue weighted by Crippen LogP contribution is 2.31. The van der Waals surface area contributed by atoms with E-state index in [4.69, 9.17) is 5.11 Å². The second-order valence-electron chi connectivity index (χ2n) is 3.63. The number of aromatic amines is 1. The number of halogens is 1. The minimum atomic E-state index is -3.77. The average Bonchev–Trinajstić information content (AvgIpc) is 2.98. The number of carboxylic acids is 1. The Morgan fingerprint density at radius 2 is 2.30 bits per heavy atom. The van der Waals surface area contributed by atoms with Crippen molar-refractivity contribution in [1.29, 1.82) is 0 Å². The van der Waals surface area contributed by atoms with Crippen LogP contribution in [0.2, 0.25) is 0 Å². The summed E-state index contributed by atoms with van der Waals surface area (Å²) in [6, 6.07) is 1.12. The summed E-state index contributed by atoms with van der Waals surface area (Å²) in [5.74, 6) is -0.609. The van der Waals surface area contributed by atoms with Crippen LogP contribution in [0.25, 0.3) is 0 Å². The van der Waals surface area contributed by atoms with Crippen LogP contribution in [0.1, 0.15) is 15.5 Å². The molecule has 2 heterocycles. The fourth-order valence-electron chi connectivity index (χ4n) is 1.37. The first kappa shape index (κ1) is 15.1. The van der Waals surface area contributed by atoms with Crippen molar-refractivity contribution in [2.45, 2.75) is 11.3 Å². The lowest BCUT2D eigenvalue weighted by atomic mass is 10.4. The highest BCUT2D eigenvalue weighted by atomic mass is 79.9. The van der Waals surface area contributed by atoms with Gasteiger partial charge in [0.1, 0.15) is 21.9 Å². The molecule has 0 unspecified atom stereocenters. The van der Waals surface area contributed by atoms with Gasteiger partial charge in [0.15, 0.2) is 0 Å². The van der Waals surface area contributed by atoms with Gasteiger partial charge in [-0.15, -0.1) is 11.3 Å². The minimum absolute atomic E-state index is 0.0486. The number of hydrogen-bond acceptors (Lipinski definition) is 6. The first-order chi connectivity index (χ1) is 9.40. The number of H-pyrrole nitrogens is 1. The molecule has 0 aliphatic heterocycles. The summed E-state index contributed by atoms with van der Waals surface area (Å²) in [5.41, 5.74) is 0. The van der Waals surface area contributed by atoms with Gasteiger partial charge in [0.25, 0.3) is 0 Å². The number of nitrogens with one attached hydrogen (secondary N) is 2. The Morgan fingerprint density at radius 1 is 1.55 bits per heavy atom. The summed E-state index contributed by atoms with van der Waals surface area (Å²) >= 11 is 3.91. The van der Waals surface area contributed by atoms with E-state index in [0.29, 0.717) is 12.2 Å². The van der Waals surface area contributed by atoms with E-state index in [1.54, 1.807) is 0 Å². The number of sulfonamides is 1. The molecule has 0 radical (unpaired) electrons. The van der Waals surface area contributed by atoms with Gasteiger partial charge in [-0.25, -0.2) is 22.9 Å². The first-order valence-electron chi connectivity index (χ1n) is 5.26. The summed E-state index contributed by atoms with van der Waals surface area (Å²) in [4.78, 5) is 14.6. The molecule has 11 heteroatoms. The van der Waals surface area contributed by atoms with Gasteiger partial charge in [-0.1, -0.05) is 0 Å². The van der Waals surface area contributed by atoms with Crippen molar-refractivity contribution in [3.8, 4) is 0 Å². The Bertz CT molecular complexity index is 710. The summed E-state index contributed by atoms with van der Waals surface area (Å²) in [6.07, 6.45) is 1.69. The van der Waals surface area contributed by atoms with Gasteiger partial charge in [0.05, 0.1) is 3.79 Å². The number of aromatic nitrogens is 3. The molecule has 8 nitrogen and oxygen atoms in total. The van der Waals surface area contributed by atoms with Crippen molar-refractivity contribution in [3.63, 3.8) is 0 Å². The molecular formula is C9H9BrN4O4S2. The number of thiophene rings is 1. The molecule has 2 aromatic rings. The summed E-state index contributed by atoms with van der Waals surface area (Å²) in [7, 11) is -3.77. The SMILES string of the molecule is O=C(O)c1cc(S(=O)(=O)NCCc2ncn[nH]2)c(Br)s1. The molecule has 0 saturated carbocycles. The maximum Gasteiger partial charge on any atom is 0.345 e. The predicted molar refractivity (Wildman–Crippen MR) is 74.3 cm³/mol. The Balaban J connectivity index is 2.08. The number of rotatable bonds is 6. The summed E-state index contributed by atoms with van der Waals surface area (Å²) in [6.45, 7) is 0.127. The van der Waals surface area contributed by atoms with Gasteiger partial charge in [-0.2, -0.15) is 5.10 Å². The van der Waals surface area contributed by atoms with Gasteiger partial charge < -0.3 is 5.11 Å². The standard InChI is InChI=1S/C9H9BrN4O4S2/c10-8-6(3-5(19-8)9(15)16)20(17,18)13-2-1-7-11-4-12-14-7/h3-4,13H,1-2H2,(H,15,16)(H,11,12,14). The largest absolute Gasteiger partial charge is 0.477 e. The van der Waals surface area contributed by atoms with Crippen LogP contribution >= 0.6 is 27.3 Å². The van der Waals surface area contributed by atoms with Crippen molar-refractivity contribution in [3.05, 3.63) is 26.9 Å². The zero-order chi connectivity index (χ0) is 14.8. The molecule has 0 atom stereocenters. The molecule has 0 fully saturated rings. The van der Waals surface area contributed by atoms with Crippen molar-refractivity contribution in [1.82, 2.24) is 19.9 Å². The highest BCUT2D eigenvalue weighted by molar-refractivity contribution is 9.11. The monoisotopic (exact) mass is 380 g/mol. The fourth-order valence-corrected chi connectivity index (χ4v) is 4.81. The molecule has 0 aliphatic rings. The molecule has 2 aromatic heterocycles. The van der Waals surface area contributed by atoms with Crippen molar-refractivity contribution < 1.29 is 18.3 Å². The van der Waals surface area contributed by atoms with E-state index in [0.717, 1.165) is 17.4 Å². The fraction of sp³-hybridized carbons (Fsp3) is 0.222. The molecule has 0 aliphatic carbocycles. The Labute approximate surface area is 126 Å². The van der Waals surface area contributed by atoms with E-state index in [1.165, 1.54) is 6.33 Å². The molecule has 0 saturated heterocycles. The van der Waals surface area contributed by atoms with E-state index < -0.39 is 16.0 Å². The third-order valence-corrected chi connectivity index (χ3v) is 5.98. The van der Waals surface area contributed by atoms with Crippen LogP contribution < -0.4 is 4.72 Å². The minimum Gasteiger partial charge on any atom is -0.477 e. The van der Waals surface area contributed by atoms with Crippen LogP contribution in [0.15, 0.2) is 21.1 Å². The smallest absolute Gasteiger partial charge is 0.345 e. The molecule has 2 rings (SSSR count). The van der Waals surface area contributed by atoms with E-state index in [-0.39, 0.29) is 20.1 Å². The summed E-state index contributed by atoms with van der Waals surface area (Å²) < 4.78 is 26.7. The van der Waals surface area contributed by atoms with E-state index in [9.17, 15) is 13.2 Å². The Kier molecular flexibility index (Phi) is 4.52. The highest BCUT2D eigenvalue weighted by Gasteiger charge is 2.22. The van der Waals surface area contributed by atoms with Gasteiger partial charge in [0.2, 0.25) is 10.0 Å². The quantitative estimate of drug-likeness (QED) is 0.681. The lowest BCUT2D eigenvalue weighted by Crippen LogP contribution is -2.26. The molecule has 0 aromatic carbocycles. The second-order valence-corrected chi connectivity index (χ2v) is 7.74. The van der Waals surface area contributed by atoms with Crippen molar-refractivity contribution in [2.75, 3.05) is 6.54 Å². The maximum absolute atomic E-state index is 12.0. The zero-order valence-corrected chi connectivity index (χ0v) is 13.0.